The van der Waals surface area contributed by atoms with Gasteiger partial charge >= 0.3 is 6.09 Å². The lowest BCUT2D eigenvalue weighted by atomic mass is 10.2. The average Bonchev–Trinajstić information content (AvgIpc) is 2.42. The van der Waals surface area contributed by atoms with Crippen LogP contribution >= 0.6 is 12.2 Å². The third-order valence-corrected chi connectivity index (χ3v) is 2.65. The maximum absolute atomic E-state index is 11.4. The number of thiocarbonyl (C=S) groups is 1. The number of hydrogen-bond donors (Lipinski definition) is 3. The number of ether oxygens (including phenoxy) is 2. The predicted molar refractivity (Wildman–Crippen MR) is 91.5 cm³/mol. The number of nitrogens with one attached hydrogen (secondary N) is 3. The fourth-order valence-electron chi connectivity index (χ4n) is 1.53. The van der Waals surface area contributed by atoms with E-state index in [1.807, 2.05) is 45.0 Å². The molecule has 1 rings (SSSR count). The van der Waals surface area contributed by atoms with Crippen LogP contribution in [0.5, 0.6) is 5.75 Å². The molecule has 0 heterocycles. The molecule has 7 heteroatoms. The molecule has 1 aromatic carbocycles. The molecule has 0 aliphatic rings. The largest absolute Gasteiger partial charge is 0.497 e. The van der Waals surface area contributed by atoms with Crippen molar-refractivity contribution in [3.63, 3.8) is 0 Å². The first kappa shape index (κ1) is 18.0. The van der Waals surface area contributed by atoms with Crippen molar-refractivity contribution < 1.29 is 14.3 Å². The smallest absolute Gasteiger partial charge is 0.407 e. The van der Waals surface area contributed by atoms with E-state index in [1.54, 1.807) is 7.11 Å². The minimum atomic E-state index is -0.499. The van der Waals surface area contributed by atoms with Crippen molar-refractivity contribution >= 4 is 29.1 Å². The van der Waals surface area contributed by atoms with Gasteiger partial charge in [0, 0.05) is 24.8 Å². The molecule has 0 radical (unpaired) electrons. The number of hydrogen-bond acceptors (Lipinski definition) is 4. The normalized spacial score (nSPS) is 10.5. The lowest BCUT2D eigenvalue weighted by molar-refractivity contribution is 0.0529. The van der Waals surface area contributed by atoms with E-state index >= 15 is 0 Å². The summed E-state index contributed by atoms with van der Waals surface area (Å²) in [6, 6.07) is 7.45. The number of carbonyl (C=O) groups is 1. The monoisotopic (exact) mass is 325 g/mol. The Kier molecular flexibility index (Phi) is 6.91. The molecular formula is C15H23N3O3S. The molecule has 22 heavy (non-hydrogen) atoms. The highest BCUT2D eigenvalue weighted by Crippen LogP contribution is 2.16. The van der Waals surface area contributed by atoms with Crippen LogP contribution in [0.1, 0.15) is 20.8 Å². The van der Waals surface area contributed by atoms with Crippen LogP contribution < -0.4 is 20.7 Å². The molecule has 122 valence electrons. The van der Waals surface area contributed by atoms with Gasteiger partial charge in [-0.05, 0) is 45.1 Å². The number of rotatable bonds is 5. The lowest BCUT2D eigenvalue weighted by Crippen LogP contribution is -2.39. The molecule has 0 saturated heterocycles. The Hall–Kier alpha value is -2.02. The van der Waals surface area contributed by atoms with E-state index in [2.05, 4.69) is 16.0 Å². The minimum Gasteiger partial charge on any atom is -0.497 e. The van der Waals surface area contributed by atoms with Crippen molar-refractivity contribution in [3.8, 4) is 5.75 Å². The molecule has 0 aliphatic heterocycles. The Balaban J connectivity index is 2.25. The van der Waals surface area contributed by atoms with Gasteiger partial charge in [0.15, 0.2) is 5.11 Å². The molecule has 0 aliphatic carbocycles. The van der Waals surface area contributed by atoms with Gasteiger partial charge in [0.1, 0.15) is 11.4 Å². The van der Waals surface area contributed by atoms with Gasteiger partial charge in [-0.25, -0.2) is 4.79 Å². The quantitative estimate of drug-likeness (QED) is 0.571. The average molecular weight is 325 g/mol. The van der Waals surface area contributed by atoms with E-state index in [4.69, 9.17) is 21.7 Å². The number of amides is 1. The summed E-state index contributed by atoms with van der Waals surface area (Å²) >= 11 is 5.18. The van der Waals surface area contributed by atoms with Crippen molar-refractivity contribution in [2.45, 2.75) is 26.4 Å². The van der Waals surface area contributed by atoms with Gasteiger partial charge in [0.05, 0.1) is 7.11 Å². The Morgan fingerprint density at radius 3 is 2.55 bits per heavy atom. The highest BCUT2D eigenvalue weighted by atomic mass is 32.1. The van der Waals surface area contributed by atoms with Crippen LogP contribution in [0.2, 0.25) is 0 Å². The van der Waals surface area contributed by atoms with Gasteiger partial charge < -0.3 is 25.4 Å². The van der Waals surface area contributed by atoms with Crippen LogP contribution in [0.15, 0.2) is 24.3 Å². The Morgan fingerprint density at radius 1 is 1.23 bits per heavy atom. The molecule has 1 amide bonds. The molecular weight excluding hydrogens is 302 g/mol. The number of alkyl carbamates (subject to hydrolysis) is 1. The summed E-state index contributed by atoms with van der Waals surface area (Å²) in [5, 5.41) is 9.15. The van der Waals surface area contributed by atoms with E-state index in [0.717, 1.165) is 11.4 Å². The molecule has 0 unspecified atom stereocenters. The van der Waals surface area contributed by atoms with Crippen LogP contribution in [0, 0.1) is 0 Å². The zero-order valence-corrected chi connectivity index (χ0v) is 14.2. The maximum atomic E-state index is 11.4. The summed E-state index contributed by atoms with van der Waals surface area (Å²) in [6.07, 6.45) is -0.444. The zero-order chi connectivity index (χ0) is 16.6. The Morgan fingerprint density at radius 2 is 1.91 bits per heavy atom. The third kappa shape index (κ3) is 7.68. The van der Waals surface area contributed by atoms with Gasteiger partial charge in [0.25, 0.3) is 0 Å². The number of anilines is 1. The second-order valence-corrected chi connectivity index (χ2v) is 5.95. The van der Waals surface area contributed by atoms with Crippen LogP contribution in [0.4, 0.5) is 10.5 Å². The standard InChI is InChI=1S/C15H23N3O3S/c1-15(2,3)21-14(19)17-9-8-16-13(22)18-11-6-5-7-12(10-11)20-4/h5-7,10H,8-9H2,1-4H3,(H,17,19)(H2,16,18,22). The molecule has 0 atom stereocenters. The molecule has 0 bridgehead atoms. The summed E-state index contributed by atoms with van der Waals surface area (Å²) in [5.41, 5.74) is 0.331. The molecule has 0 saturated carbocycles. The molecule has 6 nitrogen and oxygen atoms in total. The van der Waals surface area contributed by atoms with E-state index in [1.165, 1.54) is 0 Å². The zero-order valence-electron chi connectivity index (χ0n) is 13.4. The lowest BCUT2D eigenvalue weighted by Gasteiger charge is -2.19. The first-order valence-corrected chi connectivity index (χ1v) is 7.37. The highest BCUT2D eigenvalue weighted by Gasteiger charge is 2.15. The first-order chi connectivity index (χ1) is 10.3. The fraction of sp³-hybridized carbons (Fsp3) is 0.467. The third-order valence-electron chi connectivity index (χ3n) is 2.41. The SMILES string of the molecule is COc1cccc(NC(=S)NCCNC(=O)OC(C)(C)C)c1. The summed E-state index contributed by atoms with van der Waals surface area (Å²) in [4.78, 5) is 11.4. The molecule has 0 spiro atoms. The molecule has 3 N–H and O–H groups in total. The maximum Gasteiger partial charge on any atom is 0.407 e. The molecule has 0 aromatic heterocycles. The summed E-state index contributed by atoms with van der Waals surface area (Å²) in [5.74, 6) is 0.749. The number of carbonyl (C=O) groups excluding carboxylic acids is 1. The number of benzene rings is 1. The minimum absolute atomic E-state index is 0.412. The fourth-order valence-corrected chi connectivity index (χ4v) is 1.75. The predicted octanol–water partition coefficient (Wildman–Crippen LogP) is 2.51. The van der Waals surface area contributed by atoms with E-state index in [9.17, 15) is 4.79 Å². The summed E-state index contributed by atoms with van der Waals surface area (Å²) < 4.78 is 10.3. The molecule has 1 aromatic rings. The van der Waals surface area contributed by atoms with Crippen LogP contribution in [-0.2, 0) is 4.74 Å². The van der Waals surface area contributed by atoms with Crippen LogP contribution in [0.25, 0.3) is 0 Å². The van der Waals surface area contributed by atoms with E-state index in [-0.39, 0.29) is 0 Å². The van der Waals surface area contributed by atoms with Crippen molar-refractivity contribution in [1.82, 2.24) is 10.6 Å². The van der Waals surface area contributed by atoms with Crippen molar-refractivity contribution in [3.05, 3.63) is 24.3 Å². The number of methoxy groups -OCH3 is 1. The molecule has 0 fully saturated rings. The topological polar surface area (TPSA) is 71.6 Å². The Bertz CT molecular complexity index is 515. The highest BCUT2D eigenvalue weighted by molar-refractivity contribution is 7.80. The van der Waals surface area contributed by atoms with Gasteiger partial charge in [-0.15, -0.1) is 0 Å². The summed E-state index contributed by atoms with van der Waals surface area (Å²) in [6.45, 7) is 6.36. The van der Waals surface area contributed by atoms with E-state index < -0.39 is 11.7 Å². The van der Waals surface area contributed by atoms with Crippen molar-refractivity contribution in [2.24, 2.45) is 0 Å². The van der Waals surface area contributed by atoms with Crippen LogP contribution in [0.3, 0.4) is 0 Å². The van der Waals surface area contributed by atoms with Crippen LogP contribution in [-0.4, -0.2) is 37.0 Å². The second-order valence-electron chi connectivity index (χ2n) is 5.54. The van der Waals surface area contributed by atoms with Gasteiger partial charge in [0.2, 0.25) is 0 Å². The van der Waals surface area contributed by atoms with E-state index in [0.29, 0.717) is 18.2 Å². The first-order valence-electron chi connectivity index (χ1n) is 6.96. The summed E-state index contributed by atoms with van der Waals surface area (Å²) in [7, 11) is 1.61. The Labute approximate surface area is 136 Å². The second kappa shape index (κ2) is 8.43. The van der Waals surface area contributed by atoms with Gasteiger partial charge in [-0.1, -0.05) is 6.07 Å². The van der Waals surface area contributed by atoms with Crippen molar-refractivity contribution in [1.29, 1.82) is 0 Å². The van der Waals surface area contributed by atoms with Crippen molar-refractivity contribution in [2.75, 3.05) is 25.5 Å². The van der Waals surface area contributed by atoms with Gasteiger partial charge in [-0.2, -0.15) is 0 Å². The van der Waals surface area contributed by atoms with Gasteiger partial charge in [-0.3, -0.25) is 0 Å².